The van der Waals surface area contributed by atoms with Gasteiger partial charge < -0.3 is 14.6 Å². The van der Waals surface area contributed by atoms with Crippen LogP contribution in [0.25, 0.3) is 0 Å². The number of benzene rings is 1. The maximum Gasteiger partial charge on any atom is 0.174 e. The van der Waals surface area contributed by atoms with E-state index in [4.69, 9.17) is 9.26 Å². The van der Waals surface area contributed by atoms with E-state index >= 15 is 0 Å². The molecule has 1 heterocycles. The van der Waals surface area contributed by atoms with Crippen LogP contribution in [0, 0.1) is 6.92 Å². The van der Waals surface area contributed by atoms with Crippen molar-refractivity contribution < 1.29 is 9.26 Å². The first-order valence-electron chi connectivity index (χ1n) is 6.62. The molecule has 0 atom stereocenters. The molecule has 0 aliphatic rings. The SMILES string of the molecule is CCCNCc1cc(COc2cccc(C)c2)on1. The van der Waals surface area contributed by atoms with Gasteiger partial charge in [0, 0.05) is 12.6 Å². The zero-order chi connectivity index (χ0) is 13.5. The van der Waals surface area contributed by atoms with Crippen LogP contribution in [0.5, 0.6) is 5.75 Å². The number of aryl methyl sites for hydroxylation is 1. The summed E-state index contributed by atoms with van der Waals surface area (Å²) in [6, 6.07) is 9.88. The molecule has 1 aromatic heterocycles. The number of aromatic nitrogens is 1. The Morgan fingerprint density at radius 2 is 2.21 bits per heavy atom. The second kappa shape index (κ2) is 6.95. The van der Waals surface area contributed by atoms with Gasteiger partial charge in [-0.15, -0.1) is 0 Å². The minimum absolute atomic E-state index is 0.407. The molecule has 1 aromatic carbocycles. The van der Waals surface area contributed by atoms with Gasteiger partial charge in [0.25, 0.3) is 0 Å². The third-order valence-electron chi connectivity index (χ3n) is 2.71. The average molecular weight is 260 g/mol. The van der Waals surface area contributed by atoms with Gasteiger partial charge in [0.15, 0.2) is 5.76 Å². The summed E-state index contributed by atoms with van der Waals surface area (Å²) in [5.74, 6) is 1.59. The Hall–Kier alpha value is -1.81. The molecule has 0 spiro atoms. The van der Waals surface area contributed by atoms with Crippen LogP contribution in [-0.4, -0.2) is 11.7 Å². The maximum absolute atomic E-state index is 5.66. The first kappa shape index (κ1) is 13.6. The average Bonchev–Trinajstić information content (AvgIpc) is 2.85. The topological polar surface area (TPSA) is 47.3 Å². The summed E-state index contributed by atoms with van der Waals surface area (Å²) in [4.78, 5) is 0. The van der Waals surface area contributed by atoms with Gasteiger partial charge in [0.2, 0.25) is 0 Å². The summed E-state index contributed by atoms with van der Waals surface area (Å²) in [5, 5.41) is 7.28. The van der Waals surface area contributed by atoms with E-state index in [-0.39, 0.29) is 0 Å². The normalized spacial score (nSPS) is 10.6. The summed E-state index contributed by atoms with van der Waals surface area (Å²) in [6.45, 7) is 6.31. The molecule has 19 heavy (non-hydrogen) atoms. The van der Waals surface area contributed by atoms with E-state index in [2.05, 4.69) is 17.4 Å². The number of hydrogen-bond acceptors (Lipinski definition) is 4. The van der Waals surface area contributed by atoms with E-state index in [1.807, 2.05) is 37.3 Å². The van der Waals surface area contributed by atoms with Crippen molar-refractivity contribution in [2.24, 2.45) is 0 Å². The molecule has 0 aliphatic heterocycles. The lowest BCUT2D eigenvalue weighted by Gasteiger charge is -2.03. The molecule has 0 fully saturated rings. The molecular weight excluding hydrogens is 240 g/mol. The molecule has 0 unspecified atom stereocenters. The number of rotatable bonds is 7. The van der Waals surface area contributed by atoms with Crippen molar-refractivity contribution in [3.63, 3.8) is 0 Å². The van der Waals surface area contributed by atoms with E-state index in [0.29, 0.717) is 6.61 Å². The van der Waals surface area contributed by atoms with Crippen LogP contribution in [0.3, 0.4) is 0 Å². The fraction of sp³-hybridized carbons (Fsp3) is 0.400. The molecular formula is C15H20N2O2. The third-order valence-corrected chi connectivity index (χ3v) is 2.71. The van der Waals surface area contributed by atoms with E-state index in [1.165, 1.54) is 5.56 Å². The molecule has 102 valence electrons. The summed E-state index contributed by atoms with van der Waals surface area (Å²) in [6.07, 6.45) is 1.11. The molecule has 0 saturated carbocycles. The van der Waals surface area contributed by atoms with Gasteiger partial charge in [0.05, 0.1) is 5.69 Å². The minimum atomic E-state index is 0.407. The monoisotopic (exact) mass is 260 g/mol. The Labute approximate surface area is 113 Å². The van der Waals surface area contributed by atoms with Gasteiger partial charge in [-0.3, -0.25) is 0 Å². The van der Waals surface area contributed by atoms with Gasteiger partial charge in [-0.1, -0.05) is 24.2 Å². The Bertz CT molecular complexity index is 508. The lowest BCUT2D eigenvalue weighted by molar-refractivity contribution is 0.248. The maximum atomic E-state index is 5.66. The van der Waals surface area contributed by atoms with Crippen molar-refractivity contribution in [3.05, 3.63) is 47.3 Å². The van der Waals surface area contributed by atoms with Gasteiger partial charge in [-0.25, -0.2) is 0 Å². The highest BCUT2D eigenvalue weighted by Gasteiger charge is 2.04. The minimum Gasteiger partial charge on any atom is -0.486 e. The molecule has 0 amide bonds. The van der Waals surface area contributed by atoms with E-state index in [1.54, 1.807) is 0 Å². The van der Waals surface area contributed by atoms with Crippen molar-refractivity contribution in [3.8, 4) is 5.75 Å². The van der Waals surface area contributed by atoms with Crippen LogP contribution in [0.1, 0.15) is 30.4 Å². The van der Waals surface area contributed by atoms with Crippen LogP contribution < -0.4 is 10.1 Å². The van der Waals surface area contributed by atoms with E-state index in [0.717, 1.165) is 36.7 Å². The van der Waals surface area contributed by atoms with Crippen LogP contribution in [0.2, 0.25) is 0 Å². The number of nitrogens with zero attached hydrogens (tertiary/aromatic N) is 1. The molecule has 0 radical (unpaired) electrons. The van der Waals surface area contributed by atoms with Crippen LogP contribution in [0.15, 0.2) is 34.9 Å². The second-order valence-electron chi connectivity index (χ2n) is 4.57. The Morgan fingerprint density at radius 1 is 1.32 bits per heavy atom. The smallest absolute Gasteiger partial charge is 0.174 e. The van der Waals surface area contributed by atoms with Gasteiger partial charge >= 0.3 is 0 Å². The fourth-order valence-electron chi connectivity index (χ4n) is 1.76. The van der Waals surface area contributed by atoms with Crippen LogP contribution in [0.4, 0.5) is 0 Å². The standard InChI is InChI=1S/C15H20N2O2/c1-3-7-16-10-13-9-15(19-17-13)11-18-14-6-4-5-12(2)8-14/h4-6,8-9,16H,3,7,10-11H2,1-2H3. The summed E-state index contributed by atoms with van der Waals surface area (Å²) in [5.41, 5.74) is 2.09. The van der Waals surface area contributed by atoms with Gasteiger partial charge in [0.1, 0.15) is 12.4 Å². The first-order chi connectivity index (χ1) is 9.28. The molecule has 4 nitrogen and oxygen atoms in total. The number of ether oxygens (including phenoxy) is 1. The number of nitrogens with one attached hydrogen (secondary N) is 1. The highest BCUT2D eigenvalue weighted by Crippen LogP contribution is 2.14. The second-order valence-corrected chi connectivity index (χ2v) is 4.57. The lowest BCUT2D eigenvalue weighted by Crippen LogP contribution is -2.13. The Balaban J connectivity index is 1.83. The lowest BCUT2D eigenvalue weighted by atomic mass is 10.2. The highest BCUT2D eigenvalue weighted by molar-refractivity contribution is 5.27. The molecule has 0 aliphatic carbocycles. The molecule has 1 N–H and O–H groups in total. The Kier molecular flexibility index (Phi) is 4.98. The van der Waals surface area contributed by atoms with Crippen molar-refractivity contribution in [2.45, 2.75) is 33.4 Å². The summed E-state index contributed by atoms with van der Waals surface area (Å²) >= 11 is 0. The summed E-state index contributed by atoms with van der Waals surface area (Å²) < 4.78 is 10.9. The van der Waals surface area contributed by atoms with Crippen molar-refractivity contribution in [2.75, 3.05) is 6.54 Å². The van der Waals surface area contributed by atoms with Crippen LogP contribution >= 0.6 is 0 Å². The van der Waals surface area contributed by atoms with E-state index < -0.39 is 0 Å². The first-order valence-corrected chi connectivity index (χ1v) is 6.62. The zero-order valence-corrected chi connectivity index (χ0v) is 11.5. The molecule has 0 bridgehead atoms. The van der Waals surface area contributed by atoms with Gasteiger partial charge in [-0.2, -0.15) is 0 Å². The van der Waals surface area contributed by atoms with E-state index in [9.17, 15) is 0 Å². The predicted molar refractivity (Wildman–Crippen MR) is 74.0 cm³/mol. The molecule has 2 rings (SSSR count). The third kappa shape index (κ3) is 4.41. The van der Waals surface area contributed by atoms with Gasteiger partial charge in [-0.05, 0) is 37.6 Å². The molecule has 0 saturated heterocycles. The molecule has 4 heteroatoms. The summed E-state index contributed by atoms with van der Waals surface area (Å²) in [7, 11) is 0. The van der Waals surface area contributed by atoms with Crippen molar-refractivity contribution >= 4 is 0 Å². The Morgan fingerprint density at radius 3 is 3.00 bits per heavy atom. The van der Waals surface area contributed by atoms with Crippen molar-refractivity contribution in [1.29, 1.82) is 0 Å². The number of hydrogen-bond donors (Lipinski definition) is 1. The fourth-order valence-corrected chi connectivity index (χ4v) is 1.76. The quantitative estimate of drug-likeness (QED) is 0.777. The van der Waals surface area contributed by atoms with Crippen LogP contribution in [-0.2, 0) is 13.2 Å². The largest absolute Gasteiger partial charge is 0.486 e. The van der Waals surface area contributed by atoms with Crippen molar-refractivity contribution in [1.82, 2.24) is 10.5 Å². The zero-order valence-electron chi connectivity index (χ0n) is 11.5. The highest BCUT2D eigenvalue weighted by atomic mass is 16.5. The predicted octanol–water partition coefficient (Wildman–Crippen LogP) is 3.06. The molecule has 2 aromatic rings.